The molecule has 1 unspecified atom stereocenters. The third-order valence-corrected chi connectivity index (χ3v) is 2.98. The highest BCUT2D eigenvalue weighted by atomic mass is 16.5. The molecule has 0 bridgehead atoms. The van der Waals surface area contributed by atoms with E-state index in [-0.39, 0.29) is 6.10 Å². The number of allylic oxidation sites excluding steroid dienone is 1. The summed E-state index contributed by atoms with van der Waals surface area (Å²) in [6.45, 7) is 0. The van der Waals surface area contributed by atoms with Gasteiger partial charge in [0.15, 0.2) is 0 Å². The number of rotatable bonds is 4. The van der Waals surface area contributed by atoms with E-state index in [9.17, 15) is 10.0 Å². The van der Waals surface area contributed by atoms with Gasteiger partial charge in [-0.1, -0.05) is 6.08 Å². The first kappa shape index (κ1) is 13.0. The first-order chi connectivity index (χ1) is 8.70. The zero-order chi connectivity index (χ0) is 13.0. The first-order valence-corrected chi connectivity index (χ1v) is 6.08. The molecule has 0 fully saturated rings. The van der Waals surface area contributed by atoms with Gasteiger partial charge in [0.25, 0.3) is 0 Å². The fourth-order valence-corrected chi connectivity index (χ4v) is 2.01. The van der Waals surface area contributed by atoms with Crippen LogP contribution in [0.4, 0.5) is 0 Å². The molecular formula is C13H17BO4. The van der Waals surface area contributed by atoms with Crippen LogP contribution in [0.3, 0.4) is 0 Å². The minimum absolute atomic E-state index is 0.00430. The standard InChI is InChI=1S/C13H17BO4/c1-17-11-7-8-13(12(9-11)14(15)16)18-10-5-3-2-4-6-10/h3,5,7-10,15-16H,2,4,6H2,1H3. The van der Waals surface area contributed by atoms with Gasteiger partial charge in [-0.25, -0.2) is 0 Å². The molecule has 0 spiro atoms. The summed E-state index contributed by atoms with van der Waals surface area (Å²) in [5.41, 5.74) is 0.327. The lowest BCUT2D eigenvalue weighted by atomic mass is 9.79. The van der Waals surface area contributed by atoms with Gasteiger partial charge < -0.3 is 19.5 Å². The molecule has 0 radical (unpaired) electrons. The normalized spacial score (nSPS) is 18.5. The maximum atomic E-state index is 9.36. The van der Waals surface area contributed by atoms with Crippen molar-refractivity contribution in [3.8, 4) is 11.5 Å². The Bertz CT molecular complexity index is 431. The maximum Gasteiger partial charge on any atom is 0.492 e. The third kappa shape index (κ3) is 3.06. The zero-order valence-electron chi connectivity index (χ0n) is 10.4. The van der Waals surface area contributed by atoms with E-state index >= 15 is 0 Å². The van der Waals surface area contributed by atoms with Crippen molar-refractivity contribution in [2.45, 2.75) is 25.4 Å². The number of ether oxygens (including phenoxy) is 2. The Hall–Kier alpha value is -1.46. The summed E-state index contributed by atoms with van der Waals surface area (Å²) in [6.07, 6.45) is 7.23. The second kappa shape index (κ2) is 5.93. The highest BCUT2D eigenvalue weighted by molar-refractivity contribution is 6.59. The lowest BCUT2D eigenvalue weighted by Crippen LogP contribution is -2.33. The average molecular weight is 248 g/mol. The quantitative estimate of drug-likeness (QED) is 0.613. The topological polar surface area (TPSA) is 58.9 Å². The molecule has 2 N–H and O–H groups in total. The highest BCUT2D eigenvalue weighted by Crippen LogP contribution is 2.20. The van der Waals surface area contributed by atoms with Crippen molar-refractivity contribution in [3.63, 3.8) is 0 Å². The smallest absolute Gasteiger partial charge is 0.492 e. The van der Waals surface area contributed by atoms with Crippen molar-refractivity contribution in [1.29, 1.82) is 0 Å². The molecule has 0 saturated heterocycles. The summed E-state index contributed by atoms with van der Waals surface area (Å²) >= 11 is 0. The van der Waals surface area contributed by atoms with E-state index in [1.54, 1.807) is 18.2 Å². The van der Waals surface area contributed by atoms with E-state index in [4.69, 9.17) is 9.47 Å². The summed E-state index contributed by atoms with van der Waals surface area (Å²) in [4.78, 5) is 0. The van der Waals surface area contributed by atoms with Gasteiger partial charge in [-0.05, 0) is 43.5 Å². The van der Waals surface area contributed by atoms with Crippen LogP contribution in [0, 0.1) is 0 Å². The minimum atomic E-state index is -1.57. The average Bonchev–Trinajstić information content (AvgIpc) is 2.40. The predicted molar refractivity (Wildman–Crippen MR) is 70.2 cm³/mol. The molecule has 0 aromatic heterocycles. The summed E-state index contributed by atoms with van der Waals surface area (Å²) in [6, 6.07) is 5.02. The molecule has 1 aromatic carbocycles. The van der Waals surface area contributed by atoms with Gasteiger partial charge in [0, 0.05) is 5.46 Å². The monoisotopic (exact) mass is 248 g/mol. The van der Waals surface area contributed by atoms with Gasteiger partial charge in [0.2, 0.25) is 0 Å². The molecule has 0 saturated carbocycles. The molecular weight excluding hydrogens is 231 g/mol. The zero-order valence-corrected chi connectivity index (χ0v) is 10.4. The van der Waals surface area contributed by atoms with Gasteiger partial charge in [-0.3, -0.25) is 0 Å². The van der Waals surface area contributed by atoms with Crippen LogP contribution in [0.1, 0.15) is 19.3 Å². The predicted octanol–water partition coefficient (Wildman–Crippen LogP) is 0.862. The van der Waals surface area contributed by atoms with Crippen LogP contribution in [-0.2, 0) is 0 Å². The van der Waals surface area contributed by atoms with Gasteiger partial charge >= 0.3 is 7.12 Å². The lowest BCUT2D eigenvalue weighted by molar-refractivity contribution is 0.230. The molecule has 2 rings (SSSR count). The molecule has 0 amide bonds. The summed E-state index contributed by atoms with van der Waals surface area (Å²) in [5.74, 6) is 1.06. The molecule has 0 heterocycles. The second-order valence-corrected chi connectivity index (χ2v) is 4.29. The van der Waals surface area contributed by atoms with Gasteiger partial charge in [-0.2, -0.15) is 0 Å². The Morgan fingerprint density at radius 1 is 1.33 bits per heavy atom. The van der Waals surface area contributed by atoms with Crippen LogP contribution in [0.25, 0.3) is 0 Å². The van der Waals surface area contributed by atoms with Crippen molar-refractivity contribution >= 4 is 12.6 Å². The molecule has 1 aliphatic carbocycles. The van der Waals surface area contributed by atoms with E-state index in [1.807, 2.05) is 6.08 Å². The molecule has 1 aliphatic rings. The molecule has 1 atom stereocenters. The Balaban J connectivity index is 2.20. The van der Waals surface area contributed by atoms with Gasteiger partial charge in [-0.15, -0.1) is 0 Å². The lowest BCUT2D eigenvalue weighted by Gasteiger charge is -2.20. The van der Waals surface area contributed by atoms with Crippen LogP contribution >= 0.6 is 0 Å². The first-order valence-electron chi connectivity index (χ1n) is 6.08. The Morgan fingerprint density at radius 2 is 2.17 bits per heavy atom. The van der Waals surface area contributed by atoms with E-state index in [0.29, 0.717) is 17.0 Å². The maximum absolute atomic E-state index is 9.36. The van der Waals surface area contributed by atoms with Crippen LogP contribution in [0.5, 0.6) is 11.5 Å². The molecule has 0 aliphatic heterocycles. The van der Waals surface area contributed by atoms with Crippen molar-refractivity contribution < 1.29 is 19.5 Å². The van der Waals surface area contributed by atoms with Crippen LogP contribution in [0.2, 0.25) is 0 Å². The van der Waals surface area contributed by atoms with E-state index < -0.39 is 7.12 Å². The van der Waals surface area contributed by atoms with Crippen molar-refractivity contribution in [1.82, 2.24) is 0 Å². The van der Waals surface area contributed by atoms with Crippen molar-refractivity contribution in [3.05, 3.63) is 30.4 Å². The molecule has 4 nitrogen and oxygen atoms in total. The van der Waals surface area contributed by atoms with Crippen LogP contribution in [0.15, 0.2) is 30.4 Å². The largest absolute Gasteiger partial charge is 0.497 e. The van der Waals surface area contributed by atoms with Gasteiger partial charge in [0.1, 0.15) is 17.6 Å². The summed E-state index contributed by atoms with van der Waals surface area (Å²) in [7, 11) is -0.0320. The Kier molecular flexibility index (Phi) is 4.28. The van der Waals surface area contributed by atoms with Crippen molar-refractivity contribution in [2.24, 2.45) is 0 Å². The van der Waals surface area contributed by atoms with Gasteiger partial charge in [0.05, 0.1) is 7.11 Å². The summed E-state index contributed by atoms with van der Waals surface area (Å²) < 4.78 is 10.8. The Morgan fingerprint density at radius 3 is 2.78 bits per heavy atom. The second-order valence-electron chi connectivity index (χ2n) is 4.29. The fraction of sp³-hybridized carbons (Fsp3) is 0.385. The van der Waals surface area contributed by atoms with Crippen LogP contribution < -0.4 is 14.9 Å². The number of methoxy groups -OCH3 is 1. The SMILES string of the molecule is COc1ccc(OC2C=CCCC2)c(B(O)O)c1. The summed E-state index contributed by atoms with van der Waals surface area (Å²) in [5, 5.41) is 18.7. The molecule has 96 valence electrons. The number of hydrogen-bond donors (Lipinski definition) is 2. The number of benzene rings is 1. The minimum Gasteiger partial charge on any atom is -0.497 e. The van der Waals surface area contributed by atoms with E-state index in [2.05, 4.69) is 6.08 Å². The molecule has 1 aromatic rings. The molecule has 5 heteroatoms. The third-order valence-electron chi connectivity index (χ3n) is 2.98. The Labute approximate surface area is 107 Å². The highest BCUT2D eigenvalue weighted by Gasteiger charge is 2.20. The van der Waals surface area contributed by atoms with Crippen molar-refractivity contribution in [2.75, 3.05) is 7.11 Å². The van der Waals surface area contributed by atoms with E-state index in [1.165, 1.54) is 7.11 Å². The van der Waals surface area contributed by atoms with E-state index in [0.717, 1.165) is 19.3 Å². The molecule has 18 heavy (non-hydrogen) atoms. The number of hydrogen-bond acceptors (Lipinski definition) is 4. The fourth-order valence-electron chi connectivity index (χ4n) is 2.01. The van der Waals surface area contributed by atoms with Crippen LogP contribution in [-0.4, -0.2) is 30.4 Å².